The van der Waals surface area contributed by atoms with Crippen LogP contribution in [0.5, 0.6) is 0 Å². The Hall–Kier alpha value is -1.66. The Kier molecular flexibility index (Phi) is 61.4. The molecule has 6 nitrogen and oxygen atoms in total. The molecule has 1 amide bonds. The number of amides is 1. The van der Waals surface area contributed by atoms with Gasteiger partial charge in [0.15, 0.2) is 0 Å². The molecule has 2 atom stereocenters. The number of hydrogen-bond acceptors (Lipinski definition) is 5. The Morgan fingerprint density at radius 3 is 0.973 bits per heavy atom. The molecule has 0 saturated carbocycles. The van der Waals surface area contributed by atoms with Gasteiger partial charge in [-0.1, -0.05) is 321 Å². The minimum absolute atomic E-state index is 0.0111. The maximum Gasteiger partial charge on any atom is 0.305 e. The number of aliphatic hydroxyl groups excluding tert-OH is 2. The number of carbonyl (C=O) groups excluding carboxylic acids is 2. The Morgan fingerprint density at radius 1 is 0.370 bits per heavy atom. The number of aliphatic hydroxyl groups is 2. The molecule has 0 spiro atoms. The molecule has 0 aliphatic rings. The zero-order valence-electron chi connectivity index (χ0n) is 49.4. The van der Waals surface area contributed by atoms with Gasteiger partial charge in [0.1, 0.15) is 0 Å². The van der Waals surface area contributed by atoms with Crippen LogP contribution in [0.4, 0.5) is 0 Å². The van der Waals surface area contributed by atoms with E-state index in [4.69, 9.17) is 4.74 Å². The molecule has 73 heavy (non-hydrogen) atoms. The van der Waals surface area contributed by atoms with Gasteiger partial charge in [-0.25, -0.2) is 0 Å². The van der Waals surface area contributed by atoms with Crippen molar-refractivity contribution in [1.82, 2.24) is 5.32 Å². The summed E-state index contributed by atoms with van der Waals surface area (Å²) in [6.07, 6.45) is 78.0. The molecule has 0 radical (unpaired) electrons. The monoisotopic (exact) mass is 1030 g/mol. The number of ether oxygens (including phenoxy) is 1. The lowest BCUT2D eigenvalue weighted by Gasteiger charge is -2.20. The molecular weight excluding hydrogens is 899 g/mol. The summed E-state index contributed by atoms with van der Waals surface area (Å²) < 4.78 is 5.49. The van der Waals surface area contributed by atoms with Crippen LogP contribution in [0.15, 0.2) is 24.3 Å². The molecule has 0 aromatic heterocycles. The molecule has 6 heteroatoms. The standard InChI is InChI=1S/C67H129NO5/c1-3-5-7-9-11-13-15-17-19-20-21-25-28-32-35-39-43-47-51-55-59-65(70)64(63-69)68-66(71)60-56-52-48-44-40-36-33-29-26-23-22-24-27-30-34-38-42-46-50-54-58-62-73-67(72)61-57-53-49-45-41-37-31-18-16-14-12-10-8-6-4-2/h23,26,55,59,64-65,69-70H,3-22,24-25,27-54,56-58,60-63H2,1-2H3,(H,68,71)/b26-23-,59-55+. The van der Waals surface area contributed by atoms with Crippen molar-refractivity contribution in [3.63, 3.8) is 0 Å². The summed E-state index contributed by atoms with van der Waals surface area (Å²) in [5.74, 6) is -0.0613. The van der Waals surface area contributed by atoms with Gasteiger partial charge in [-0.3, -0.25) is 9.59 Å². The average Bonchev–Trinajstić information content (AvgIpc) is 3.39. The van der Waals surface area contributed by atoms with Crippen LogP contribution in [0, 0.1) is 0 Å². The maximum absolute atomic E-state index is 12.5. The van der Waals surface area contributed by atoms with Crippen molar-refractivity contribution < 1.29 is 24.5 Å². The SMILES string of the molecule is CCCCCCCCCCCCCCCCCCCC/C=C/C(O)C(CO)NC(=O)CCCCCCCCC/C=C\CCCCCCCCCCCCOC(=O)CCCCCCCCCCCCCCCCC. The van der Waals surface area contributed by atoms with Crippen molar-refractivity contribution in [2.24, 2.45) is 0 Å². The van der Waals surface area contributed by atoms with Gasteiger partial charge in [-0.05, 0) is 57.8 Å². The summed E-state index contributed by atoms with van der Waals surface area (Å²) in [5.41, 5.74) is 0. The highest BCUT2D eigenvalue weighted by Crippen LogP contribution is 2.18. The van der Waals surface area contributed by atoms with Crippen molar-refractivity contribution in [2.45, 2.75) is 379 Å². The normalized spacial score (nSPS) is 12.7. The summed E-state index contributed by atoms with van der Waals surface area (Å²) in [6, 6.07) is -0.634. The van der Waals surface area contributed by atoms with E-state index < -0.39 is 12.1 Å². The fourth-order valence-electron chi connectivity index (χ4n) is 10.4. The molecule has 432 valence electrons. The summed E-state index contributed by atoms with van der Waals surface area (Å²) in [5, 5.41) is 23.2. The van der Waals surface area contributed by atoms with Gasteiger partial charge < -0.3 is 20.3 Å². The van der Waals surface area contributed by atoms with Crippen LogP contribution in [-0.2, 0) is 14.3 Å². The largest absolute Gasteiger partial charge is 0.466 e. The third kappa shape index (κ3) is 59.4. The average molecular weight is 1030 g/mol. The van der Waals surface area contributed by atoms with Crippen LogP contribution in [0.25, 0.3) is 0 Å². The summed E-state index contributed by atoms with van der Waals surface area (Å²) >= 11 is 0. The first-order valence-electron chi connectivity index (χ1n) is 33.1. The minimum atomic E-state index is -0.850. The highest BCUT2D eigenvalue weighted by atomic mass is 16.5. The van der Waals surface area contributed by atoms with Crippen molar-refractivity contribution in [3.05, 3.63) is 24.3 Å². The molecule has 2 unspecified atom stereocenters. The topological polar surface area (TPSA) is 95.9 Å². The van der Waals surface area contributed by atoms with Crippen LogP contribution < -0.4 is 5.32 Å². The first kappa shape index (κ1) is 71.3. The van der Waals surface area contributed by atoms with Crippen molar-refractivity contribution in [2.75, 3.05) is 13.2 Å². The van der Waals surface area contributed by atoms with E-state index in [0.29, 0.717) is 19.4 Å². The zero-order valence-corrected chi connectivity index (χ0v) is 49.4. The number of unbranched alkanes of at least 4 members (excludes halogenated alkanes) is 49. The van der Waals surface area contributed by atoms with E-state index in [1.807, 2.05) is 6.08 Å². The van der Waals surface area contributed by atoms with Crippen LogP contribution in [0.3, 0.4) is 0 Å². The predicted molar refractivity (Wildman–Crippen MR) is 320 cm³/mol. The molecule has 0 heterocycles. The highest BCUT2D eigenvalue weighted by Gasteiger charge is 2.18. The van der Waals surface area contributed by atoms with E-state index in [0.717, 1.165) is 44.9 Å². The van der Waals surface area contributed by atoms with E-state index in [-0.39, 0.29) is 18.5 Å². The van der Waals surface area contributed by atoms with Crippen molar-refractivity contribution >= 4 is 11.9 Å². The number of nitrogens with one attached hydrogen (secondary N) is 1. The highest BCUT2D eigenvalue weighted by molar-refractivity contribution is 5.76. The smallest absolute Gasteiger partial charge is 0.305 e. The third-order valence-electron chi connectivity index (χ3n) is 15.5. The molecule has 0 aliphatic carbocycles. The van der Waals surface area contributed by atoms with E-state index in [9.17, 15) is 19.8 Å². The van der Waals surface area contributed by atoms with Gasteiger partial charge in [0, 0.05) is 12.8 Å². The first-order valence-corrected chi connectivity index (χ1v) is 33.1. The molecule has 0 rings (SSSR count). The second kappa shape index (κ2) is 62.9. The number of esters is 1. The summed E-state index contributed by atoms with van der Waals surface area (Å²) in [6.45, 7) is 4.93. The molecule has 0 aromatic carbocycles. The number of allylic oxidation sites excluding steroid dienone is 3. The molecule has 3 N–H and O–H groups in total. The van der Waals surface area contributed by atoms with Gasteiger partial charge in [0.05, 0.1) is 25.4 Å². The molecule has 0 fully saturated rings. The summed E-state index contributed by atoms with van der Waals surface area (Å²) in [7, 11) is 0. The van der Waals surface area contributed by atoms with E-state index in [1.165, 1.54) is 295 Å². The van der Waals surface area contributed by atoms with Gasteiger partial charge in [-0.15, -0.1) is 0 Å². The molecule has 0 aliphatic heterocycles. The van der Waals surface area contributed by atoms with Crippen molar-refractivity contribution in [1.29, 1.82) is 0 Å². The van der Waals surface area contributed by atoms with Crippen LogP contribution >= 0.6 is 0 Å². The lowest BCUT2D eigenvalue weighted by molar-refractivity contribution is -0.143. The van der Waals surface area contributed by atoms with Crippen LogP contribution in [-0.4, -0.2) is 47.4 Å². The quantitative estimate of drug-likeness (QED) is 0.0320. The van der Waals surface area contributed by atoms with Crippen molar-refractivity contribution in [3.8, 4) is 0 Å². The Bertz CT molecular complexity index is 1140. The number of carbonyl (C=O) groups is 2. The molecular formula is C67H129NO5. The van der Waals surface area contributed by atoms with Gasteiger partial charge in [0.2, 0.25) is 5.91 Å². The Labute approximate surface area is 456 Å². The second-order valence-electron chi connectivity index (χ2n) is 22.8. The fourth-order valence-corrected chi connectivity index (χ4v) is 10.4. The minimum Gasteiger partial charge on any atom is -0.466 e. The third-order valence-corrected chi connectivity index (χ3v) is 15.5. The Balaban J connectivity index is 3.44. The van der Waals surface area contributed by atoms with Crippen LogP contribution in [0.2, 0.25) is 0 Å². The first-order chi connectivity index (χ1) is 36.0. The van der Waals surface area contributed by atoms with E-state index in [2.05, 4.69) is 31.3 Å². The van der Waals surface area contributed by atoms with E-state index >= 15 is 0 Å². The lowest BCUT2D eigenvalue weighted by Crippen LogP contribution is -2.45. The van der Waals surface area contributed by atoms with Crippen LogP contribution in [0.1, 0.15) is 367 Å². The van der Waals surface area contributed by atoms with E-state index in [1.54, 1.807) is 6.08 Å². The fraction of sp³-hybridized carbons (Fsp3) is 0.910. The van der Waals surface area contributed by atoms with Gasteiger partial charge in [0.25, 0.3) is 0 Å². The molecule has 0 bridgehead atoms. The second-order valence-corrected chi connectivity index (χ2v) is 22.8. The van der Waals surface area contributed by atoms with Gasteiger partial charge >= 0.3 is 5.97 Å². The maximum atomic E-state index is 12.5. The number of rotatable bonds is 62. The Morgan fingerprint density at radius 2 is 0.644 bits per heavy atom. The zero-order chi connectivity index (χ0) is 52.9. The molecule has 0 aromatic rings. The molecule has 0 saturated heterocycles. The lowest BCUT2D eigenvalue weighted by atomic mass is 10.0. The number of hydrogen-bond donors (Lipinski definition) is 3. The van der Waals surface area contributed by atoms with Gasteiger partial charge in [-0.2, -0.15) is 0 Å². The summed E-state index contributed by atoms with van der Waals surface area (Å²) in [4.78, 5) is 24.6. The predicted octanol–water partition coefficient (Wildman–Crippen LogP) is 21.0.